The summed E-state index contributed by atoms with van der Waals surface area (Å²) in [4.78, 5) is 16.8. The summed E-state index contributed by atoms with van der Waals surface area (Å²) in [7, 11) is -0.846. The highest BCUT2D eigenvalue weighted by atomic mass is 32.2. The molecule has 0 aliphatic rings. The first-order valence-electron chi connectivity index (χ1n) is 9.69. The molecule has 32 heavy (non-hydrogen) atoms. The number of carbonyl (C=O) groups excluding carboxylic acids is 1. The molecule has 0 fully saturated rings. The highest BCUT2D eigenvalue weighted by molar-refractivity contribution is 7.91. The highest BCUT2D eigenvalue weighted by Crippen LogP contribution is 2.29. The molecule has 9 heteroatoms. The van der Waals surface area contributed by atoms with Crippen molar-refractivity contribution in [2.75, 3.05) is 14.2 Å². The van der Waals surface area contributed by atoms with E-state index in [-0.39, 0.29) is 22.2 Å². The maximum atomic E-state index is 13.0. The van der Waals surface area contributed by atoms with E-state index in [1.165, 1.54) is 38.5 Å². The number of ether oxygens (including phenoxy) is 2. The van der Waals surface area contributed by atoms with Crippen LogP contribution in [0.2, 0.25) is 0 Å². The average Bonchev–Trinajstić information content (AvgIpc) is 3.30. The molecule has 0 saturated heterocycles. The maximum Gasteiger partial charge on any atom is 0.253 e. The molecule has 2 heterocycles. The standard InChI is InChI=1S/C23H21N3O5S/c1-30-18-11-19(31-2)13-21(12-18)32(28,29)20-6-3-16(4-7-20)14-25-23(27)17-5-8-22-24-9-10-26(22)15-17/h3-13,15H,14H2,1-2H3,(H,25,27). The molecule has 0 atom stereocenters. The lowest BCUT2D eigenvalue weighted by Crippen LogP contribution is -2.23. The van der Waals surface area contributed by atoms with Gasteiger partial charge in [0.25, 0.3) is 5.91 Å². The summed E-state index contributed by atoms with van der Waals surface area (Å²) in [6.45, 7) is 0.258. The second kappa shape index (κ2) is 8.72. The minimum Gasteiger partial charge on any atom is -0.497 e. The molecule has 2 aromatic carbocycles. The van der Waals surface area contributed by atoms with E-state index < -0.39 is 9.84 Å². The predicted octanol–water partition coefficient (Wildman–Crippen LogP) is 3.11. The zero-order valence-corrected chi connectivity index (χ0v) is 18.3. The smallest absolute Gasteiger partial charge is 0.253 e. The summed E-state index contributed by atoms with van der Waals surface area (Å²) in [5, 5.41) is 2.84. The van der Waals surface area contributed by atoms with Crippen molar-refractivity contribution >= 4 is 21.4 Å². The van der Waals surface area contributed by atoms with Crippen molar-refractivity contribution in [2.24, 2.45) is 0 Å². The summed E-state index contributed by atoms with van der Waals surface area (Å²) in [5.41, 5.74) is 2.03. The first-order chi connectivity index (χ1) is 15.4. The Labute approximate surface area is 185 Å². The van der Waals surface area contributed by atoms with Crippen molar-refractivity contribution in [3.8, 4) is 11.5 Å². The Balaban J connectivity index is 1.48. The molecule has 0 radical (unpaired) electrons. The van der Waals surface area contributed by atoms with Crippen LogP contribution in [-0.4, -0.2) is 37.9 Å². The SMILES string of the molecule is COc1cc(OC)cc(S(=O)(=O)c2ccc(CNC(=O)c3ccc4nccn4c3)cc2)c1. The zero-order valence-electron chi connectivity index (χ0n) is 17.5. The third-order valence-electron chi connectivity index (χ3n) is 4.97. The number of carbonyl (C=O) groups is 1. The quantitative estimate of drug-likeness (QED) is 0.464. The zero-order chi connectivity index (χ0) is 22.7. The van der Waals surface area contributed by atoms with Crippen LogP contribution in [0.5, 0.6) is 11.5 Å². The second-order valence-electron chi connectivity index (χ2n) is 6.99. The van der Waals surface area contributed by atoms with Gasteiger partial charge < -0.3 is 19.2 Å². The molecular weight excluding hydrogens is 430 g/mol. The Morgan fingerprint density at radius 1 is 0.969 bits per heavy atom. The molecule has 0 aliphatic heterocycles. The lowest BCUT2D eigenvalue weighted by molar-refractivity contribution is 0.0950. The average molecular weight is 452 g/mol. The normalized spacial score (nSPS) is 11.3. The first-order valence-corrected chi connectivity index (χ1v) is 11.2. The van der Waals surface area contributed by atoms with Crippen molar-refractivity contribution in [1.82, 2.24) is 14.7 Å². The third kappa shape index (κ3) is 4.28. The maximum absolute atomic E-state index is 13.0. The van der Waals surface area contributed by atoms with Gasteiger partial charge in [0.1, 0.15) is 17.1 Å². The van der Waals surface area contributed by atoms with Crippen LogP contribution in [0.4, 0.5) is 0 Å². The predicted molar refractivity (Wildman–Crippen MR) is 118 cm³/mol. The van der Waals surface area contributed by atoms with Crippen LogP contribution in [0, 0.1) is 0 Å². The Morgan fingerprint density at radius 2 is 1.66 bits per heavy atom. The van der Waals surface area contributed by atoms with E-state index in [0.29, 0.717) is 17.1 Å². The fourth-order valence-corrected chi connectivity index (χ4v) is 4.51. The minimum absolute atomic E-state index is 0.0737. The fraction of sp³-hybridized carbons (Fsp3) is 0.130. The van der Waals surface area contributed by atoms with E-state index in [1.807, 2.05) is 0 Å². The van der Waals surface area contributed by atoms with E-state index >= 15 is 0 Å². The van der Waals surface area contributed by atoms with Crippen LogP contribution < -0.4 is 14.8 Å². The second-order valence-corrected chi connectivity index (χ2v) is 8.94. The number of aromatic nitrogens is 2. The van der Waals surface area contributed by atoms with Gasteiger partial charge >= 0.3 is 0 Å². The number of benzene rings is 2. The van der Waals surface area contributed by atoms with E-state index in [4.69, 9.17) is 9.47 Å². The number of fused-ring (bicyclic) bond motifs is 1. The number of hydrogen-bond donors (Lipinski definition) is 1. The van der Waals surface area contributed by atoms with Gasteiger partial charge in [-0.1, -0.05) is 12.1 Å². The molecule has 4 aromatic rings. The largest absolute Gasteiger partial charge is 0.497 e. The van der Waals surface area contributed by atoms with E-state index in [1.54, 1.807) is 53.3 Å². The number of amides is 1. The van der Waals surface area contributed by atoms with Crippen LogP contribution in [0.25, 0.3) is 5.65 Å². The minimum atomic E-state index is -3.77. The van der Waals surface area contributed by atoms with E-state index in [9.17, 15) is 13.2 Å². The first kappa shape index (κ1) is 21.4. The van der Waals surface area contributed by atoms with Crippen LogP contribution in [0.15, 0.2) is 83.0 Å². The molecule has 8 nitrogen and oxygen atoms in total. The topological polar surface area (TPSA) is 99.0 Å². The van der Waals surface area contributed by atoms with Gasteiger partial charge in [-0.25, -0.2) is 13.4 Å². The molecule has 0 spiro atoms. The Kier molecular flexibility index (Phi) is 5.83. The van der Waals surface area contributed by atoms with Gasteiger partial charge in [0.05, 0.1) is 29.6 Å². The van der Waals surface area contributed by atoms with E-state index in [2.05, 4.69) is 10.3 Å². The van der Waals surface area contributed by atoms with Crippen molar-refractivity contribution in [1.29, 1.82) is 0 Å². The van der Waals surface area contributed by atoms with Crippen molar-refractivity contribution in [3.63, 3.8) is 0 Å². The molecule has 0 bridgehead atoms. The molecular formula is C23H21N3O5S. The number of pyridine rings is 1. The number of hydrogen-bond acceptors (Lipinski definition) is 6. The highest BCUT2D eigenvalue weighted by Gasteiger charge is 2.20. The monoisotopic (exact) mass is 451 g/mol. The Hall–Kier alpha value is -3.85. The van der Waals surface area contributed by atoms with Gasteiger partial charge in [-0.05, 0) is 42.0 Å². The molecule has 1 N–H and O–H groups in total. The van der Waals surface area contributed by atoms with E-state index in [0.717, 1.165) is 11.2 Å². The molecule has 0 aliphatic carbocycles. The van der Waals surface area contributed by atoms with Crippen LogP contribution in [0.1, 0.15) is 15.9 Å². The number of methoxy groups -OCH3 is 2. The lowest BCUT2D eigenvalue weighted by Gasteiger charge is -2.10. The summed E-state index contributed by atoms with van der Waals surface area (Å²) in [5.74, 6) is 0.535. The molecule has 2 aromatic heterocycles. The number of nitrogens with zero attached hydrogens (tertiary/aromatic N) is 2. The summed E-state index contributed by atoms with van der Waals surface area (Å²) >= 11 is 0. The molecule has 4 rings (SSSR count). The molecule has 0 saturated carbocycles. The van der Waals surface area contributed by atoms with Gasteiger partial charge in [0, 0.05) is 31.2 Å². The summed E-state index contributed by atoms with van der Waals surface area (Å²) in [6.07, 6.45) is 5.13. The number of nitrogens with one attached hydrogen (secondary N) is 1. The Morgan fingerprint density at radius 3 is 2.31 bits per heavy atom. The van der Waals surface area contributed by atoms with Crippen molar-refractivity contribution in [2.45, 2.75) is 16.3 Å². The number of rotatable bonds is 7. The van der Waals surface area contributed by atoms with Crippen LogP contribution >= 0.6 is 0 Å². The van der Waals surface area contributed by atoms with Gasteiger partial charge in [-0.2, -0.15) is 0 Å². The van der Waals surface area contributed by atoms with Crippen LogP contribution in [-0.2, 0) is 16.4 Å². The number of sulfone groups is 1. The fourth-order valence-electron chi connectivity index (χ4n) is 3.20. The van der Waals surface area contributed by atoms with Gasteiger partial charge in [0.15, 0.2) is 0 Å². The lowest BCUT2D eigenvalue weighted by atomic mass is 10.2. The molecule has 1 amide bonds. The van der Waals surface area contributed by atoms with Crippen LogP contribution in [0.3, 0.4) is 0 Å². The van der Waals surface area contributed by atoms with Crippen molar-refractivity contribution < 1.29 is 22.7 Å². The summed E-state index contributed by atoms with van der Waals surface area (Å²) < 4.78 is 38.2. The third-order valence-corrected chi connectivity index (χ3v) is 6.72. The van der Waals surface area contributed by atoms with Gasteiger partial charge in [-0.15, -0.1) is 0 Å². The molecule has 164 valence electrons. The van der Waals surface area contributed by atoms with Gasteiger partial charge in [-0.3, -0.25) is 4.79 Å². The van der Waals surface area contributed by atoms with Gasteiger partial charge in [0.2, 0.25) is 9.84 Å². The molecule has 0 unspecified atom stereocenters. The summed E-state index contributed by atoms with van der Waals surface area (Å²) in [6, 6.07) is 14.3. The number of imidazole rings is 1. The Bertz CT molecular complexity index is 1360. The van der Waals surface area contributed by atoms with Crippen molar-refractivity contribution in [3.05, 3.63) is 84.3 Å².